The lowest BCUT2D eigenvalue weighted by atomic mass is 9.97. The van der Waals surface area contributed by atoms with Gasteiger partial charge < -0.3 is 4.52 Å². The summed E-state index contributed by atoms with van der Waals surface area (Å²) < 4.78 is 44.3. The van der Waals surface area contributed by atoms with Crippen molar-refractivity contribution in [1.82, 2.24) is 5.16 Å². The summed E-state index contributed by atoms with van der Waals surface area (Å²) in [6, 6.07) is 3.47. The fourth-order valence-corrected chi connectivity index (χ4v) is 3.27. The molecule has 0 amide bonds. The highest BCUT2D eigenvalue weighted by molar-refractivity contribution is 7.98. The first-order valence-corrected chi connectivity index (χ1v) is 8.28. The van der Waals surface area contributed by atoms with Crippen molar-refractivity contribution >= 4 is 17.5 Å². The van der Waals surface area contributed by atoms with E-state index in [-0.39, 0.29) is 21.9 Å². The van der Waals surface area contributed by atoms with Crippen LogP contribution < -0.4 is 0 Å². The van der Waals surface area contributed by atoms with E-state index in [1.54, 1.807) is 6.07 Å². The van der Waals surface area contributed by atoms with Crippen LogP contribution in [0.1, 0.15) is 51.6 Å². The Bertz CT molecular complexity index is 848. The van der Waals surface area contributed by atoms with Gasteiger partial charge in [-0.2, -0.15) is 18.4 Å². The van der Waals surface area contributed by atoms with Gasteiger partial charge in [-0.1, -0.05) is 5.16 Å². The molecule has 0 N–H and O–H groups in total. The van der Waals surface area contributed by atoms with Crippen molar-refractivity contribution in [2.75, 3.05) is 6.26 Å². The molecule has 0 saturated heterocycles. The van der Waals surface area contributed by atoms with E-state index in [0.29, 0.717) is 5.76 Å². The highest BCUT2D eigenvalue weighted by Gasteiger charge is 2.37. The fraction of sp³-hybridized carbons (Fsp3) is 0.312. The van der Waals surface area contributed by atoms with Crippen LogP contribution in [0.25, 0.3) is 0 Å². The van der Waals surface area contributed by atoms with Crippen LogP contribution in [0, 0.1) is 11.3 Å². The molecule has 8 heteroatoms. The molecular formula is C16H11F3N2O2S. The van der Waals surface area contributed by atoms with Gasteiger partial charge in [-0.25, -0.2) is 0 Å². The third-order valence-electron chi connectivity index (χ3n) is 3.81. The molecule has 124 valence electrons. The van der Waals surface area contributed by atoms with Crippen molar-refractivity contribution in [3.8, 4) is 6.07 Å². The molecule has 2 aromatic rings. The van der Waals surface area contributed by atoms with E-state index < -0.39 is 23.1 Å². The quantitative estimate of drug-likeness (QED) is 0.603. The number of carbonyl (C=O) groups excluding carboxylic acids is 1. The number of carbonyl (C=O) groups is 1. The van der Waals surface area contributed by atoms with E-state index in [0.717, 1.165) is 36.7 Å². The number of hydrogen-bond acceptors (Lipinski definition) is 5. The number of nitriles is 1. The van der Waals surface area contributed by atoms with E-state index in [9.17, 15) is 23.2 Å². The largest absolute Gasteiger partial charge is 0.417 e. The first-order valence-electron chi connectivity index (χ1n) is 7.06. The second-order valence-corrected chi connectivity index (χ2v) is 6.20. The Balaban J connectivity index is 2.13. The number of ketones is 1. The van der Waals surface area contributed by atoms with Crippen molar-refractivity contribution in [3.63, 3.8) is 0 Å². The van der Waals surface area contributed by atoms with Crippen LogP contribution in [-0.4, -0.2) is 17.2 Å². The standard InChI is InChI=1S/C16H11F3N2O2S/c1-24-15-9(4-5-12(10(15)6-20)16(17,18)19)13(22)11-7-21-23-14(11)8-2-3-8/h4-5,7-8H,2-3H2,1H3. The maximum atomic E-state index is 13.1. The Morgan fingerprint density at radius 1 is 1.38 bits per heavy atom. The molecule has 1 saturated carbocycles. The molecule has 4 nitrogen and oxygen atoms in total. The van der Waals surface area contributed by atoms with Gasteiger partial charge in [0.15, 0.2) is 11.5 Å². The number of benzene rings is 1. The van der Waals surface area contributed by atoms with E-state index in [1.807, 2.05) is 0 Å². The van der Waals surface area contributed by atoms with Crippen LogP contribution in [-0.2, 0) is 6.18 Å². The van der Waals surface area contributed by atoms with E-state index in [1.165, 1.54) is 12.5 Å². The minimum absolute atomic E-state index is 0.0141. The number of hydrogen-bond donors (Lipinski definition) is 0. The number of thioether (sulfide) groups is 1. The molecule has 0 aliphatic heterocycles. The predicted octanol–water partition coefficient (Wildman–Crippen LogP) is 4.40. The molecule has 0 atom stereocenters. The number of aromatic nitrogens is 1. The van der Waals surface area contributed by atoms with Gasteiger partial charge >= 0.3 is 6.18 Å². The third-order valence-corrected chi connectivity index (χ3v) is 4.65. The molecule has 0 spiro atoms. The van der Waals surface area contributed by atoms with E-state index in [4.69, 9.17) is 4.52 Å². The van der Waals surface area contributed by atoms with Gasteiger partial charge in [0.1, 0.15) is 6.07 Å². The highest BCUT2D eigenvalue weighted by atomic mass is 32.2. The number of alkyl halides is 3. The summed E-state index contributed by atoms with van der Waals surface area (Å²) >= 11 is 0.938. The second kappa shape index (κ2) is 5.98. The molecule has 0 unspecified atom stereocenters. The first-order chi connectivity index (χ1) is 11.4. The van der Waals surface area contributed by atoms with Crippen molar-refractivity contribution in [2.45, 2.75) is 29.8 Å². The van der Waals surface area contributed by atoms with Crippen molar-refractivity contribution in [1.29, 1.82) is 5.26 Å². The summed E-state index contributed by atoms with van der Waals surface area (Å²) in [5, 5.41) is 12.8. The van der Waals surface area contributed by atoms with Crippen LogP contribution in [0.4, 0.5) is 13.2 Å². The molecule has 1 heterocycles. The topological polar surface area (TPSA) is 66.9 Å². The zero-order valence-corrected chi connectivity index (χ0v) is 13.3. The average molecular weight is 352 g/mol. The van der Waals surface area contributed by atoms with Crippen molar-refractivity contribution < 1.29 is 22.5 Å². The molecular weight excluding hydrogens is 341 g/mol. The molecule has 1 fully saturated rings. The van der Waals surface area contributed by atoms with Crippen LogP contribution in [0.3, 0.4) is 0 Å². The molecule has 0 radical (unpaired) electrons. The zero-order valence-electron chi connectivity index (χ0n) is 12.5. The van der Waals surface area contributed by atoms with Crippen LogP contribution in [0.15, 0.2) is 27.7 Å². The Morgan fingerprint density at radius 3 is 2.62 bits per heavy atom. The van der Waals surface area contributed by atoms with E-state index in [2.05, 4.69) is 5.16 Å². The van der Waals surface area contributed by atoms with Gasteiger partial charge in [0.2, 0.25) is 0 Å². The summed E-state index contributed by atoms with van der Waals surface area (Å²) in [6.45, 7) is 0. The summed E-state index contributed by atoms with van der Waals surface area (Å²) in [7, 11) is 0. The average Bonchev–Trinajstić information content (AvgIpc) is 3.28. The number of halogens is 3. The van der Waals surface area contributed by atoms with Crippen LogP contribution in [0.5, 0.6) is 0 Å². The molecule has 3 rings (SSSR count). The Labute approximate surface area is 139 Å². The van der Waals surface area contributed by atoms with Crippen LogP contribution >= 0.6 is 11.8 Å². The zero-order chi connectivity index (χ0) is 17.5. The molecule has 1 aromatic carbocycles. The first kappa shape index (κ1) is 16.6. The third kappa shape index (κ3) is 2.80. The van der Waals surface area contributed by atoms with Gasteiger partial charge in [0.25, 0.3) is 0 Å². The lowest BCUT2D eigenvalue weighted by Crippen LogP contribution is -2.12. The fourth-order valence-electron chi connectivity index (χ4n) is 2.52. The summed E-state index contributed by atoms with van der Waals surface area (Å²) in [6.07, 6.45) is -0.0670. The maximum absolute atomic E-state index is 13.1. The van der Waals surface area contributed by atoms with Gasteiger partial charge in [-0.15, -0.1) is 11.8 Å². The minimum Gasteiger partial charge on any atom is -0.360 e. The van der Waals surface area contributed by atoms with Gasteiger partial charge in [-0.3, -0.25) is 4.79 Å². The van der Waals surface area contributed by atoms with Gasteiger partial charge in [0.05, 0.1) is 22.9 Å². The molecule has 1 aliphatic carbocycles. The van der Waals surface area contributed by atoms with Crippen LogP contribution in [0.2, 0.25) is 0 Å². The van der Waals surface area contributed by atoms with Crippen molar-refractivity contribution in [3.05, 3.63) is 46.3 Å². The number of rotatable bonds is 4. The monoisotopic (exact) mass is 352 g/mol. The molecule has 1 aliphatic rings. The summed E-state index contributed by atoms with van der Waals surface area (Å²) in [5.41, 5.74) is -1.28. The summed E-state index contributed by atoms with van der Waals surface area (Å²) in [5.74, 6) is 0.118. The Hall–Kier alpha value is -2.27. The van der Waals surface area contributed by atoms with Gasteiger partial charge in [0, 0.05) is 16.4 Å². The second-order valence-electron chi connectivity index (χ2n) is 5.39. The Morgan fingerprint density at radius 2 is 2.08 bits per heavy atom. The van der Waals surface area contributed by atoms with Gasteiger partial charge in [-0.05, 0) is 31.2 Å². The predicted molar refractivity (Wildman–Crippen MR) is 79.9 cm³/mol. The maximum Gasteiger partial charge on any atom is 0.417 e. The summed E-state index contributed by atoms with van der Waals surface area (Å²) in [4.78, 5) is 12.8. The smallest absolute Gasteiger partial charge is 0.360 e. The molecule has 24 heavy (non-hydrogen) atoms. The lowest BCUT2D eigenvalue weighted by Gasteiger charge is -2.14. The normalized spacial score (nSPS) is 14.5. The minimum atomic E-state index is -4.66. The number of nitrogens with zero attached hydrogens (tertiary/aromatic N) is 2. The molecule has 0 bridgehead atoms. The lowest BCUT2D eigenvalue weighted by molar-refractivity contribution is -0.137. The SMILES string of the molecule is CSc1c(C(=O)c2cnoc2C2CC2)ccc(C(F)(F)F)c1C#N. The van der Waals surface area contributed by atoms with Crippen molar-refractivity contribution in [2.24, 2.45) is 0 Å². The molecule has 1 aromatic heterocycles. The van der Waals surface area contributed by atoms with E-state index >= 15 is 0 Å². The Kier molecular flexibility index (Phi) is 4.13. The highest BCUT2D eigenvalue weighted by Crippen LogP contribution is 2.43.